The minimum Gasteiger partial charge on any atom is -0.378 e. The molecule has 1 heterocycles. The molecule has 1 aliphatic heterocycles. The summed E-state index contributed by atoms with van der Waals surface area (Å²) in [6, 6.07) is 8.04. The van der Waals surface area contributed by atoms with Crippen molar-refractivity contribution in [3.8, 4) is 0 Å². The quantitative estimate of drug-likeness (QED) is 0.558. The van der Waals surface area contributed by atoms with Gasteiger partial charge in [0.15, 0.2) is 0 Å². The summed E-state index contributed by atoms with van der Waals surface area (Å²) in [4.78, 5) is 2.08. The maximum atomic E-state index is 8.14. The number of ether oxygens (including phenoxy) is 1. The van der Waals surface area contributed by atoms with Crippen LogP contribution in [-0.2, 0) is 4.74 Å². The number of rotatable bonds is 1. The summed E-state index contributed by atoms with van der Waals surface area (Å²) in [5.41, 5.74) is 2.19. The van der Waals surface area contributed by atoms with Crippen molar-refractivity contribution in [3.05, 3.63) is 35.4 Å². The maximum absolute atomic E-state index is 8.14. The van der Waals surface area contributed by atoms with Gasteiger partial charge in [-0.05, 0) is 12.5 Å². The number of amidine groups is 1. The van der Waals surface area contributed by atoms with E-state index < -0.39 is 0 Å². The molecule has 15 heavy (non-hydrogen) atoms. The summed E-state index contributed by atoms with van der Waals surface area (Å²) >= 11 is 0. The van der Waals surface area contributed by atoms with Crippen molar-refractivity contribution in [3.63, 3.8) is 0 Å². The molecule has 0 radical (unpaired) electrons. The molecule has 0 spiro atoms. The first-order chi connectivity index (χ1) is 7.29. The lowest BCUT2D eigenvalue weighted by atomic mass is 10.1. The zero-order chi connectivity index (χ0) is 10.7. The Hall–Kier alpha value is -1.35. The smallest absolute Gasteiger partial charge is 0.128 e. The van der Waals surface area contributed by atoms with Gasteiger partial charge in [0.2, 0.25) is 0 Å². The average Bonchev–Trinajstić information content (AvgIpc) is 2.30. The van der Waals surface area contributed by atoms with Crippen LogP contribution < -0.4 is 0 Å². The summed E-state index contributed by atoms with van der Waals surface area (Å²) in [6.07, 6.45) is 0. The highest BCUT2D eigenvalue weighted by molar-refractivity contribution is 5.97. The molecule has 0 saturated carbocycles. The molecule has 1 aromatic carbocycles. The van der Waals surface area contributed by atoms with E-state index in [-0.39, 0.29) is 0 Å². The average molecular weight is 204 g/mol. The van der Waals surface area contributed by atoms with E-state index in [0.29, 0.717) is 5.84 Å². The molecule has 3 nitrogen and oxygen atoms in total. The van der Waals surface area contributed by atoms with Gasteiger partial charge in [-0.1, -0.05) is 24.3 Å². The van der Waals surface area contributed by atoms with Crippen molar-refractivity contribution >= 4 is 5.84 Å². The second kappa shape index (κ2) is 4.45. The third-order valence-electron chi connectivity index (χ3n) is 2.73. The largest absolute Gasteiger partial charge is 0.378 e. The normalized spacial score (nSPS) is 16.5. The van der Waals surface area contributed by atoms with Gasteiger partial charge in [-0.25, -0.2) is 0 Å². The van der Waals surface area contributed by atoms with Gasteiger partial charge in [0.05, 0.1) is 13.2 Å². The van der Waals surface area contributed by atoms with Crippen LogP contribution in [0.4, 0.5) is 0 Å². The number of nitrogens with zero attached hydrogens (tertiary/aromatic N) is 1. The van der Waals surface area contributed by atoms with E-state index in [4.69, 9.17) is 10.1 Å². The molecular weight excluding hydrogens is 188 g/mol. The van der Waals surface area contributed by atoms with Gasteiger partial charge in [0.1, 0.15) is 5.84 Å². The summed E-state index contributed by atoms with van der Waals surface area (Å²) < 4.78 is 5.28. The molecule has 0 atom stereocenters. The lowest BCUT2D eigenvalue weighted by Crippen LogP contribution is -2.40. The van der Waals surface area contributed by atoms with E-state index in [1.165, 1.54) is 0 Å². The number of hydrogen-bond acceptors (Lipinski definition) is 2. The predicted octanol–water partition coefficient (Wildman–Crippen LogP) is 1.65. The predicted molar refractivity (Wildman–Crippen MR) is 60.4 cm³/mol. The molecule has 1 aromatic rings. The van der Waals surface area contributed by atoms with E-state index in [1.54, 1.807) is 0 Å². The highest BCUT2D eigenvalue weighted by Gasteiger charge is 2.15. The first kappa shape index (κ1) is 10.2. The zero-order valence-corrected chi connectivity index (χ0v) is 8.99. The standard InChI is InChI=1S/C12H16N2O/c1-10-4-2-3-5-11(10)12(13)14-6-8-15-9-7-14/h2-5,13H,6-9H2,1H3. The maximum Gasteiger partial charge on any atom is 0.128 e. The molecule has 0 amide bonds. The molecule has 1 saturated heterocycles. The third kappa shape index (κ3) is 2.18. The fourth-order valence-corrected chi connectivity index (χ4v) is 1.80. The number of morpholine rings is 1. The Labute approximate surface area is 90.2 Å². The van der Waals surface area contributed by atoms with Crippen LogP contribution in [-0.4, -0.2) is 37.0 Å². The second-order valence-electron chi connectivity index (χ2n) is 3.76. The summed E-state index contributed by atoms with van der Waals surface area (Å²) in [5.74, 6) is 0.622. The lowest BCUT2D eigenvalue weighted by molar-refractivity contribution is 0.0679. The van der Waals surface area contributed by atoms with E-state index in [1.807, 2.05) is 31.2 Å². The molecule has 0 unspecified atom stereocenters. The Morgan fingerprint density at radius 2 is 1.93 bits per heavy atom. The van der Waals surface area contributed by atoms with Crippen LogP contribution in [0.15, 0.2) is 24.3 Å². The van der Waals surface area contributed by atoms with E-state index in [0.717, 1.165) is 37.4 Å². The molecule has 80 valence electrons. The molecule has 1 N–H and O–H groups in total. The molecular formula is C12H16N2O. The van der Waals surface area contributed by atoms with E-state index in [2.05, 4.69) is 4.90 Å². The SMILES string of the molecule is Cc1ccccc1C(=N)N1CCOCC1. The minimum atomic E-state index is 0.622. The number of aryl methyl sites for hydroxylation is 1. The number of nitrogens with one attached hydrogen (secondary N) is 1. The van der Waals surface area contributed by atoms with Crippen LogP contribution in [0.2, 0.25) is 0 Å². The highest BCUT2D eigenvalue weighted by atomic mass is 16.5. The Morgan fingerprint density at radius 1 is 1.27 bits per heavy atom. The minimum absolute atomic E-state index is 0.622. The molecule has 3 heteroatoms. The molecule has 0 bridgehead atoms. The molecule has 0 aliphatic carbocycles. The van der Waals surface area contributed by atoms with E-state index >= 15 is 0 Å². The first-order valence-electron chi connectivity index (χ1n) is 5.26. The van der Waals surface area contributed by atoms with Crippen LogP contribution >= 0.6 is 0 Å². The van der Waals surface area contributed by atoms with Crippen LogP contribution in [0.1, 0.15) is 11.1 Å². The Balaban J connectivity index is 2.16. The van der Waals surface area contributed by atoms with Crippen molar-refractivity contribution in [1.29, 1.82) is 5.41 Å². The van der Waals surface area contributed by atoms with Crippen molar-refractivity contribution < 1.29 is 4.74 Å². The van der Waals surface area contributed by atoms with Gasteiger partial charge in [-0.2, -0.15) is 0 Å². The van der Waals surface area contributed by atoms with Gasteiger partial charge in [-0.3, -0.25) is 5.41 Å². The molecule has 0 aromatic heterocycles. The van der Waals surface area contributed by atoms with Gasteiger partial charge < -0.3 is 9.64 Å². The van der Waals surface area contributed by atoms with Gasteiger partial charge in [0.25, 0.3) is 0 Å². The lowest BCUT2D eigenvalue weighted by Gasteiger charge is -2.29. The van der Waals surface area contributed by atoms with Crippen molar-refractivity contribution in [2.45, 2.75) is 6.92 Å². The topological polar surface area (TPSA) is 36.3 Å². The van der Waals surface area contributed by atoms with Crippen LogP contribution in [0.25, 0.3) is 0 Å². The first-order valence-corrected chi connectivity index (χ1v) is 5.26. The van der Waals surface area contributed by atoms with Crippen LogP contribution in [0.3, 0.4) is 0 Å². The number of hydrogen-bond donors (Lipinski definition) is 1. The Morgan fingerprint density at radius 3 is 2.60 bits per heavy atom. The third-order valence-corrected chi connectivity index (χ3v) is 2.73. The fourth-order valence-electron chi connectivity index (χ4n) is 1.80. The van der Waals surface area contributed by atoms with E-state index in [9.17, 15) is 0 Å². The molecule has 2 rings (SSSR count). The second-order valence-corrected chi connectivity index (χ2v) is 3.76. The van der Waals surface area contributed by atoms with Gasteiger partial charge in [-0.15, -0.1) is 0 Å². The van der Waals surface area contributed by atoms with Crippen molar-refractivity contribution in [1.82, 2.24) is 4.90 Å². The molecule has 1 fully saturated rings. The highest BCUT2D eigenvalue weighted by Crippen LogP contribution is 2.11. The Kier molecular flexibility index (Phi) is 3.02. The van der Waals surface area contributed by atoms with Crippen LogP contribution in [0, 0.1) is 12.3 Å². The summed E-state index contributed by atoms with van der Waals surface area (Å²) in [7, 11) is 0. The van der Waals surface area contributed by atoms with Gasteiger partial charge in [0, 0.05) is 18.7 Å². The van der Waals surface area contributed by atoms with Gasteiger partial charge >= 0.3 is 0 Å². The van der Waals surface area contributed by atoms with Crippen LogP contribution in [0.5, 0.6) is 0 Å². The summed E-state index contributed by atoms with van der Waals surface area (Å²) in [6.45, 7) is 5.16. The van der Waals surface area contributed by atoms with Crippen molar-refractivity contribution in [2.24, 2.45) is 0 Å². The Bertz CT molecular complexity index is 356. The van der Waals surface area contributed by atoms with Crippen molar-refractivity contribution in [2.75, 3.05) is 26.3 Å². The fraction of sp³-hybridized carbons (Fsp3) is 0.417. The summed E-state index contributed by atoms with van der Waals surface area (Å²) in [5, 5.41) is 8.14. The molecule has 1 aliphatic rings. The number of benzene rings is 1. The zero-order valence-electron chi connectivity index (χ0n) is 8.99. The monoisotopic (exact) mass is 204 g/mol.